The number of nitrogens with two attached hydrogens (primary N) is 1. The number of carbonyl (C=O) groups excluding carboxylic acids is 1. The van der Waals surface area contributed by atoms with Gasteiger partial charge in [0.2, 0.25) is 5.91 Å². The molecule has 0 spiro atoms. The summed E-state index contributed by atoms with van der Waals surface area (Å²) in [4.78, 5) is 11.7. The first-order valence-corrected chi connectivity index (χ1v) is 5.69. The zero-order valence-electron chi connectivity index (χ0n) is 9.13. The molecule has 0 radical (unpaired) electrons. The third-order valence-corrected chi connectivity index (χ3v) is 2.95. The summed E-state index contributed by atoms with van der Waals surface area (Å²) in [5.74, 6) is -0.450. The molecule has 2 unspecified atom stereocenters. The molecule has 16 heavy (non-hydrogen) atoms. The van der Waals surface area contributed by atoms with Crippen LogP contribution in [0.1, 0.15) is 13.8 Å². The Balaban J connectivity index is 2.80. The van der Waals surface area contributed by atoms with Crippen LogP contribution in [0, 0.1) is 5.92 Å². The minimum absolute atomic E-state index is 0.167. The van der Waals surface area contributed by atoms with Gasteiger partial charge >= 0.3 is 0 Å². The molecule has 0 aliphatic rings. The highest BCUT2D eigenvalue weighted by molar-refractivity contribution is 6.35. The van der Waals surface area contributed by atoms with Gasteiger partial charge < -0.3 is 11.1 Å². The van der Waals surface area contributed by atoms with E-state index in [1.165, 1.54) is 0 Å². The fourth-order valence-electron chi connectivity index (χ4n) is 1.08. The fraction of sp³-hybridized carbons (Fsp3) is 0.364. The maximum atomic E-state index is 11.7. The van der Waals surface area contributed by atoms with Gasteiger partial charge in [0.05, 0.1) is 16.6 Å². The molecule has 0 aliphatic heterocycles. The lowest BCUT2D eigenvalue weighted by molar-refractivity contribution is -0.119. The first-order valence-electron chi connectivity index (χ1n) is 4.93. The van der Waals surface area contributed by atoms with E-state index in [2.05, 4.69) is 5.32 Å². The lowest BCUT2D eigenvalue weighted by Gasteiger charge is -2.16. The average Bonchev–Trinajstić information content (AvgIpc) is 2.22. The van der Waals surface area contributed by atoms with Crippen molar-refractivity contribution in [3.63, 3.8) is 0 Å². The smallest absolute Gasteiger partial charge is 0.228 e. The van der Waals surface area contributed by atoms with Crippen LogP contribution in [0.25, 0.3) is 0 Å². The molecular weight excluding hydrogens is 247 g/mol. The van der Waals surface area contributed by atoms with Crippen LogP contribution in [0.4, 0.5) is 5.69 Å². The zero-order chi connectivity index (χ0) is 12.3. The molecule has 3 N–H and O–H groups in total. The second-order valence-corrected chi connectivity index (χ2v) is 4.60. The Morgan fingerprint density at radius 3 is 2.56 bits per heavy atom. The fourth-order valence-corrected chi connectivity index (χ4v) is 1.42. The summed E-state index contributed by atoms with van der Waals surface area (Å²) in [6.45, 7) is 3.54. The summed E-state index contributed by atoms with van der Waals surface area (Å²) in [7, 11) is 0. The summed E-state index contributed by atoms with van der Waals surface area (Å²) >= 11 is 11.7. The highest BCUT2D eigenvalue weighted by Gasteiger charge is 2.17. The van der Waals surface area contributed by atoms with Gasteiger partial charge in [-0.15, -0.1) is 0 Å². The predicted molar refractivity (Wildman–Crippen MR) is 67.9 cm³/mol. The van der Waals surface area contributed by atoms with Gasteiger partial charge in [0.15, 0.2) is 0 Å². The normalized spacial score (nSPS) is 14.3. The van der Waals surface area contributed by atoms with E-state index in [0.29, 0.717) is 15.7 Å². The van der Waals surface area contributed by atoms with Crippen LogP contribution in [0.15, 0.2) is 18.2 Å². The number of anilines is 1. The molecule has 1 amide bonds. The third-order valence-electron chi connectivity index (χ3n) is 2.39. The van der Waals surface area contributed by atoms with E-state index in [1.807, 2.05) is 0 Å². The SMILES string of the molecule is CC(N)C(C)C(=O)Nc1cc(Cl)ccc1Cl. The lowest BCUT2D eigenvalue weighted by atomic mass is 10.0. The first kappa shape index (κ1) is 13.3. The second-order valence-electron chi connectivity index (χ2n) is 3.76. The molecule has 1 aromatic rings. The topological polar surface area (TPSA) is 55.1 Å². The van der Waals surface area contributed by atoms with Crippen LogP contribution in [0.2, 0.25) is 10.0 Å². The van der Waals surface area contributed by atoms with Crippen molar-refractivity contribution in [3.05, 3.63) is 28.2 Å². The quantitative estimate of drug-likeness (QED) is 0.878. The number of hydrogen-bond donors (Lipinski definition) is 2. The van der Waals surface area contributed by atoms with E-state index in [-0.39, 0.29) is 17.9 Å². The number of benzene rings is 1. The number of nitrogens with one attached hydrogen (secondary N) is 1. The van der Waals surface area contributed by atoms with Crippen molar-refractivity contribution in [2.45, 2.75) is 19.9 Å². The van der Waals surface area contributed by atoms with Crippen LogP contribution in [0.5, 0.6) is 0 Å². The van der Waals surface area contributed by atoms with Crippen molar-refractivity contribution < 1.29 is 4.79 Å². The van der Waals surface area contributed by atoms with Crippen molar-refractivity contribution in [2.75, 3.05) is 5.32 Å². The summed E-state index contributed by atoms with van der Waals surface area (Å²) < 4.78 is 0. The van der Waals surface area contributed by atoms with E-state index in [9.17, 15) is 4.79 Å². The second kappa shape index (κ2) is 5.53. The molecule has 2 atom stereocenters. The highest BCUT2D eigenvalue weighted by atomic mass is 35.5. The molecule has 0 saturated heterocycles. The average molecular weight is 261 g/mol. The first-order chi connectivity index (χ1) is 7.41. The Morgan fingerprint density at radius 1 is 1.38 bits per heavy atom. The Hall–Kier alpha value is -0.770. The molecular formula is C11H14Cl2N2O. The van der Waals surface area contributed by atoms with Crippen LogP contribution in [-0.4, -0.2) is 11.9 Å². The van der Waals surface area contributed by atoms with Crippen molar-refractivity contribution in [1.29, 1.82) is 0 Å². The molecule has 0 aromatic heterocycles. The maximum Gasteiger partial charge on any atom is 0.228 e. The van der Waals surface area contributed by atoms with Crippen LogP contribution >= 0.6 is 23.2 Å². The maximum absolute atomic E-state index is 11.7. The van der Waals surface area contributed by atoms with Crippen molar-refractivity contribution in [2.24, 2.45) is 11.7 Å². The van der Waals surface area contributed by atoms with E-state index >= 15 is 0 Å². The summed E-state index contributed by atoms with van der Waals surface area (Å²) in [5.41, 5.74) is 6.14. The summed E-state index contributed by atoms with van der Waals surface area (Å²) in [5, 5.41) is 3.67. The zero-order valence-corrected chi connectivity index (χ0v) is 10.6. The monoisotopic (exact) mass is 260 g/mol. The van der Waals surface area contributed by atoms with Crippen molar-refractivity contribution in [1.82, 2.24) is 0 Å². The number of hydrogen-bond acceptors (Lipinski definition) is 2. The summed E-state index contributed by atoms with van der Waals surface area (Å²) in [6.07, 6.45) is 0. The van der Waals surface area contributed by atoms with Gasteiger partial charge in [0.1, 0.15) is 0 Å². The lowest BCUT2D eigenvalue weighted by Crippen LogP contribution is -2.34. The number of rotatable bonds is 3. The Bertz CT molecular complexity index is 394. The van der Waals surface area contributed by atoms with E-state index in [1.54, 1.807) is 32.0 Å². The van der Waals surface area contributed by atoms with Crippen molar-refractivity contribution >= 4 is 34.8 Å². The Morgan fingerprint density at radius 2 is 2.00 bits per heavy atom. The van der Waals surface area contributed by atoms with Gasteiger partial charge in [-0.25, -0.2) is 0 Å². The predicted octanol–water partition coefficient (Wildman–Crippen LogP) is 2.92. The molecule has 88 valence electrons. The molecule has 0 saturated carbocycles. The van der Waals surface area contributed by atoms with Gasteiger partial charge in [0.25, 0.3) is 0 Å². The Kier molecular flexibility index (Phi) is 4.59. The van der Waals surface area contributed by atoms with Gasteiger partial charge in [-0.05, 0) is 25.1 Å². The standard InChI is InChI=1S/C11H14Cl2N2O/c1-6(7(2)14)11(16)15-10-5-8(12)3-4-9(10)13/h3-7H,14H2,1-2H3,(H,15,16). The van der Waals surface area contributed by atoms with Gasteiger partial charge in [-0.1, -0.05) is 30.1 Å². The Labute approximate surface area is 105 Å². The third kappa shape index (κ3) is 3.37. The van der Waals surface area contributed by atoms with E-state index in [0.717, 1.165) is 0 Å². The van der Waals surface area contributed by atoms with Gasteiger partial charge in [0, 0.05) is 11.1 Å². The molecule has 0 heterocycles. The molecule has 5 heteroatoms. The molecule has 0 bridgehead atoms. The van der Waals surface area contributed by atoms with E-state index in [4.69, 9.17) is 28.9 Å². The van der Waals surface area contributed by atoms with Crippen molar-refractivity contribution in [3.8, 4) is 0 Å². The molecule has 0 fully saturated rings. The number of halogens is 2. The summed E-state index contributed by atoms with van der Waals surface area (Å²) in [6, 6.07) is 4.69. The number of amides is 1. The molecule has 1 aromatic carbocycles. The van der Waals surface area contributed by atoms with E-state index < -0.39 is 0 Å². The van der Waals surface area contributed by atoms with Crippen LogP contribution in [0.3, 0.4) is 0 Å². The largest absolute Gasteiger partial charge is 0.327 e. The highest BCUT2D eigenvalue weighted by Crippen LogP contribution is 2.25. The van der Waals surface area contributed by atoms with Gasteiger partial charge in [-0.2, -0.15) is 0 Å². The molecule has 1 rings (SSSR count). The molecule has 3 nitrogen and oxygen atoms in total. The minimum atomic E-state index is -0.282. The molecule has 0 aliphatic carbocycles. The van der Waals surface area contributed by atoms with Crippen LogP contribution in [-0.2, 0) is 4.79 Å². The van der Waals surface area contributed by atoms with Crippen LogP contribution < -0.4 is 11.1 Å². The minimum Gasteiger partial charge on any atom is -0.327 e. The number of carbonyl (C=O) groups is 1. The van der Waals surface area contributed by atoms with Gasteiger partial charge in [-0.3, -0.25) is 4.79 Å².